The molecule has 158 valence electrons. The fraction of sp³-hybridized carbons (Fsp3) is 0.500. The first-order valence-electron chi connectivity index (χ1n) is 9.06. The van der Waals surface area contributed by atoms with Crippen LogP contribution in [0.5, 0.6) is 0 Å². The lowest BCUT2D eigenvalue weighted by Gasteiger charge is -2.34. The van der Waals surface area contributed by atoms with E-state index in [4.69, 9.17) is 0 Å². The van der Waals surface area contributed by atoms with Crippen LogP contribution in [0.25, 0.3) is 11.0 Å². The zero-order valence-electron chi connectivity index (χ0n) is 15.8. The van der Waals surface area contributed by atoms with Gasteiger partial charge in [0.25, 0.3) is 11.6 Å². The Morgan fingerprint density at radius 1 is 1.24 bits per heavy atom. The summed E-state index contributed by atoms with van der Waals surface area (Å²) in [6.07, 6.45) is -4.23. The molecule has 1 aromatic carbocycles. The van der Waals surface area contributed by atoms with E-state index in [-0.39, 0.29) is 23.9 Å². The molecule has 0 spiro atoms. The average molecular weight is 432 g/mol. The van der Waals surface area contributed by atoms with E-state index in [1.54, 1.807) is 19.1 Å². The minimum absolute atomic E-state index is 0. The van der Waals surface area contributed by atoms with E-state index in [9.17, 15) is 22.8 Å². The number of hydrogen-bond acceptors (Lipinski definition) is 4. The third-order valence-corrected chi connectivity index (χ3v) is 5.58. The number of fused-ring (bicyclic) bond motifs is 3. The monoisotopic (exact) mass is 431 g/mol. The van der Waals surface area contributed by atoms with Crippen LogP contribution in [0.1, 0.15) is 24.0 Å². The second-order valence-corrected chi connectivity index (χ2v) is 7.37. The predicted octanol–water partition coefficient (Wildman–Crippen LogP) is 2.36. The maximum absolute atomic E-state index is 14.3. The van der Waals surface area contributed by atoms with E-state index in [1.165, 1.54) is 0 Å². The number of rotatable bonds is 2. The van der Waals surface area contributed by atoms with E-state index < -0.39 is 29.6 Å². The third kappa shape index (κ3) is 3.14. The maximum Gasteiger partial charge on any atom is 0.440 e. The summed E-state index contributed by atoms with van der Waals surface area (Å²) in [7, 11) is 0. The Hall–Kier alpha value is -2.33. The van der Waals surface area contributed by atoms with E-state index in [0.29, 0.717) is 31.4 Å². The second kappa shape index (κ2) is 7.17. The van der Waals surface area contributed by atoms with Crippen LogP contribution < -0.4 is 16.0 Å². The van der Waals surface area contributed by atoms with Crippen LogP contribution in [0.4, 0.5) is 19.1 Å². The molecule has 1 atom stereocenters. The van der Waals surface area contributed by atoms with Crippen molar-refractivity contribution in [3.8, 4) is 0 Å². The highest BCUT2D eigenvalue weighted by Crippen LogP contribution is 2.44. The molecule has 1 fully saturated rings. The molecule has 0 saturated carbocycles. The van der Waals surface area contributed by atoms with Crippen LogP contribution in [0.15, 0.2) is 12.1 Å². The highest BCUT2D eigenvalue weighted by Gasteiger charge is 2.67. The second-order valence-electron chi connectivity index (χ2n) is 7.37. The summed E-state index contributed by atoms with van der Waals surface area (Å²) in [6, 6.07) is 3.22. The number of amides is 2. The summed E-state index contributed by atoms with van der Waals surface area (Å²) >= 11 is 0. The van der Waals surface area contributed by atoms with E-state index in [0.717, 1.165) is 15.7 Å². The van der Waals surface area contributed by atoms with Gasteiger partial charge in [-0.3, -0.25) is 19.5 Å². The summed E-state index contributed by atoms with van der Waals surface area (Å²) in [5, 5.41) is 7.30. The van der Waals surface area contributed by atoms with Crippen LogP contribution in [0, 0.1) is 19.8 Å². The average Bonchev–Trinajstić information content (AvgIpc) is 3.10. The molecule has 1 saturated heterocycles. The van der Waals surface area contributed by atoms with Crippen molar-refractivity contribution in [1.82, 2.24) is 20.2 Å². The zero-order valence-corrected chi connectivity index (χ0v) is 16.6. The van der Waals surface area contributed by atoms with Gasteiger partial charge < -0.3 is 10.6 Å². The molecular weight excluding hydrogens is 411 g/mol. The normalized spacial score (nSPS) is 22.2. The minimum Gasteiger partial charge on any atom is -0.317 e. The lowest BCUT2D eigenvalue weighted by Crippen LogP contribution is -2.64. The number of alkyl halides is 3. The maximum atomic E-state index is 14.3. The Morgan fingerprint density at radius 3 is 2.48 bits per heavy atom. The molecule has 2 aromatic rings. The van der Waals surface area contributed by atoms with Crippen molar-refractivity contribution in [1.29, 1.82) is 0 Å². The number of halogens is 4. The standard InChI is InChI=1S/C18H20F3N5O2.ClH/c1-9-7-12-13(8-10(9)2)26-16(23-12)24-15(28)17(26,18(19,20)21)25-14(27)11-3-5-22-6-4-11;/h7-8,11,22H,3-6H2,1-2H3,(H,25,27)(H,23,24,28);1H. The summed E-state index contributed by atoms with van der Waals surface area (Å²) in [6.45, 7) is 4.68. The van der Waals surface area contributed by atoms with Gasteiger partial charge in [-0.05, 0) is 63.0 Å². The van der Waals surface area contributed by atoms with Crippen molar-refractivity contribution in [2.24, 2.45) is 5.92 Å². The molecule has 3 heterocycles. The van der Waals surface area contributed by atoms with Gasteiger partial charge in [0.1, 0.15) is 0 Å². The van der Waals surface area contributed by atoms with Gasteiger partial charge in [0, 0.05) is 5.92 Å². The first-order chi connectivity index (χ1) is 13.1. The molecular formula is C18H21ClF3N5O2. The zero-order chi connectivity index (χ0) is 20.3. The molecule has 2 aliphatic rings. The molecule has 2 amide bonds. The number of aromatic nitrogens is 2. The predicted molar refractivity (Wildman–Crippen MR) is 103 cm³/mol. The van der Waals surface area contributed by atoms with Crippen molar-refractivity contribution in [2.45, 2.75) is 38.5 Å². The highest BCUT2D eigenvalue weighted by molar-refractivity contribution is 6.05. The molecule has 11 heteroatoms. The smallest absolute Gasteiger partial charge is 0.317 e. The number of carbonyl (C=O) groups is 2. The Morgan fingerprint density at radius 2 is 1.86 bits per heavy atom. The van der Waals surface area contributed by atoms with E-state index in [1.807, 2.05) is 12.2 Å². The van der Waals surface area contributed by atoms with Gasteiger partial charge in [-0.15, -0.1) is 12.4 Å². The van der Waals surface area contributed by atoms with Crippen LogP contribution >= 0.6 is 12.4 Å². The van der Waals surface area contributed by atoms with Crippen LogP contribution in [0.3, 0.4) is 0 Å². The molecule has 2 aliphatic heterocycles. The lowest BCUT2D eigenvalue weighted by atomic mass is 9.96. The van der Waals surface area contributed by atoms with Crippen molar-refractivity contribution in [2.75, 3.05) is 18.4 Å². The van der Waals surface area contributed by atoms with E-state index >= 15 is 0 Å². The van der Waals surface area contributed by atoms with Crippen molar-refractivity contribution < 1.29 is 22.8 Å². The number of imidazole rings is 1. The van der Waals surface area contributed by atoms with Gasteiger partial charge in [-0.25, -0.2) is 4.98 Å². The molecule has 0 bridgehead atoms. The SMILES string of the molecule is Cc1cc2nc3n(c2cc1C)C(NC(=O)C1CCNCC1)(C(F)(F)F)C(=O)N3.Cl. The minimum atomic E-state index is -5.06. The molecule has 3 N–H and O–H groups in total. The van der Waals surface area contributed by atoms with Crippen LogP contribution in [-0.2, 0) is 15.3 Å². The largest absolute Gasteiger partial charge is 0.440 e. The number of aryl methyl sites for hydroxylation is 2. The van der Waals surface area contributed by atoms with Crippen molar-refractivity contribution >= 4 is 41.2 Å². The van der Waals surface area contributed by atoms with Gasteiger partial charge in [-0.2, -0.15) is 13.2 Å². The Labute approximate surface area is 170 Å². The first-order valence-corrected chi connectivity index (χ1v) is 9.06. The highest BCUT2D eigenvalue weighted by atomic mass is 35.5. The topological polar surface area (TPSA) is 88.1 Å². The number of benzene rings is 1. The molecule has 0 radical (unpaired) electrons. The van der Waals surface area contributed by atoms with Crippen LogP contribution in [-0.4, -0.2) is 40.6 Å². The molecule has 1 unspecified atom stereocenters. The fourth-order valence-electron chi connectivity index (χ4n) is 3.85. The molecule has 7 nitrogen and oxygen atoms in total. The Kier molecular flexibility index (Phi) is 5.29. The number of nitrogens with zero attached hydrogens (tertiary/aromatic N) is 2. The van der Waals surface area contributed by atoms with E-state index in [2.05, 4.69) is 15.6 Å². The summed E-state index contributed by atoms with van der Waals surface area (Å²) in [5.74, 6) is -2.96. The summed E-state index contributed by atoms with van der Waals surface area (Å²) in [4.78, 5) is 29.4. The summed E-state index contributed by atoms with van der Waals surface area (Å²) < 4.78 is 43.7. The van der Waals surface area contributed by atoms with Gasteiger partial charge >= 0.3 is 6.18 Å². The van der Waals surface area contributed by atoms with Gasteiger partial charge in [0.05, 0.1) is 11.0 Å². The number of hydrogen-bond donors (Lipinski definition) is 3. The number of carbonyl (C=O) groups excluding carboxylic acids is 2. The Bertz CT molecular complexity index is 984. The van der Waals surface area contributed by atoms with Crippen LogP contribution in [0.2, 0.25) is 0 Å². The Balaban J connectivity index is 0.00000240. The van der Waals surface area contributed by atoms with Gasteiger partial charge in [0.15, 0.2) is 0 Å². The molecule has 0 aliphatic carbocycles. The lowest BCUT2D eigenvalue weighted by molar-refractivity contribution is -0.218. The molecule has 1 aromatic heterocycles. The van der Waals surface area contributed by atoms with Gasteiger partial charge in [-0.1, -0.05) is 0 Å². The third-order valence-electron chi connectivity index (χ3n) is 5.58. The first kappa shape index (κ1) is 21.4. The van der Waals surface area contributed by atoms with Crippen molar-refractivity contribution in [3.05, 3.63) is 23.3 Å². The summed E-state index contributed by atoms with van der Waals surface area (Å²) in [5.41, 5.74) is -1.13. The molecule has 29 heavy (non-hydrogen) atoms. The number of piperidine rings is 1. The molecule has 4 rings (SSSR count). The number of anilines is 1. The fourth-order valence-corrected chi connectivity index (χ4v) is 3.85. The number of nitrogens with one attached hydrogen (secondary N) is 3. The van der Waals surface area contributed by atoms with Crippen molar-refractivity contribution in [3.63, 3.8) is 0 Å². The quantitative estimate of drug-likeness (QED) is 0.681. The van der Waals surface area contributed by atoms with Gasteiger partial charge in [0.2, 0.25) is 11.9 Å².